The molecule has 150 valence electrons. The molecule has 29 heavy (non-hydrogen) atoms. The van der Waals surface area contributed by atoms with Crippen LogP contribution in [0.4, 0.5) is 5.82 Å². The third kappa shape index (κ3) is 3.62. The quantitative estimate of drug-likeness (QED) is 0.682. The Balaban J connectivity index is 1.66. The summed E-state index contributed by atoms with van der Waals surface area (Å²) in [6.45, 7) is 3.99. The van der Waals surface area contributed by atoms with Gasteiger partial charge in [-0.15, -0.1) is 0 Å². The van der Waals surface area contributed by atoms with Crippen LogP contribution in [0.25, 0.3) is 16.6 Å². The maximum Gasteiger partial charge on any atom is 0.138 e. The highest BCUT2D eigenvalue weighted by molar-refractivity contribution is 5.85. The zero-order valence-electron chi connectivity index (χ0n) is 16.4. The van der Waals surface area contributed by atoms with Gasteiger partial charge in [0.25, 0.3) is 0 Å². The fraction of sp³-hybridized carbons (Fsp3) is 0.381. The van der Waals surface area contributed by atoms with E-state index < -0.39 is 5.54 Å². The standard InChI is InChI=1S/C21H24N6O2/c1-2-29-17-9-18(20-16(10-22)12-25-27(20)13-17)15-3-4-19(24-11-15)26-7-5-21(23,14-28)6-8-26/h3-4,9,11-13,28H,2,5-8,14,23H2,1H3. The van der Waals surface area contributed by atoms with E-state index in [0.717, 1.165) is 48.4 Å². The minimum absolute atomic E-state index is 0.00590. The van der Waals surface area contributed by atoms with Gasteiger partial charge in [-0.05, 0) is 38.0 Å². The van der Waals surface area contributed by atoms with Crippen LogP contribution in [0.15, 0.2) is 36.8 Å². The summed E-state index contributed by atoms with van der Waals surface area (Å²) in [4.78, 5) is 6.82. The fourth-order valence-corrected chi connectivity index (χ4v) is 3.72. The molecule has 0 aromatic carbocycles. The first-order chi connectivity index (χ1) is 14.1. The number of fused-ring (bicyclic) bond motifs is 1. The average molecular weight is 392 g/mol. The highest BCUT2D eigenvalue weighted by Gasteiger charge is 2.30. The largest absolute Gasteiger partial charge is 0.492 e. The first kappa shape index (κ1) is 19.2. The molecule has 1 aliphatic rings. The Labute approximate surface area is 169 Å². The van der Waals surface area contributed by atoms with E-state index in [9.17, 15) is 10.4 Å². The number of piperidine rings is 1. The molecule has 0 spiro atoms. The van der Waals surface area contributed by atoms with E-state index in [4.69, 9.17) is 10.5 Å². The molecule has 0 radical (unpaired) electrons. The van der Waals surface area contributed by atoms with Crippen LogP contribution in [0.5, 0.6) is 5.75 Å². The van der Waals surface area contributed by atoms with E-state index in [1.165, 1.54) is 0 Å². The van der Waals surface area contributed by atoms with Crippen molar-refractivity contribution >= 4 is 11.3 Å². The third-order valence-corrected chi connectivity index (χ3v) is 5.48. The number of ether oxygens (including phenoxy) is 1. The van der Waals surface area contributed by atoms with Crippen molar-refractivity contribution in [2.75, 3.05) is 31.2 Å². The van der Waals surface area contributed by atoms with Gasteiger partial charge in [0.05, 0.1) is 36.7 Å². The molecule has 8 nitrogen and oxygen atoms in total. The Bertz CT molecular complexity index is 1050. The second kappa shape index (κ2) is 7.70. The Morgan fingerprint density at radius 3 is 2.72 bits per heavy atom. The van der Waals surface area contributed by atoms with Gasteiger partial charge < -0.3 is 20.5 Å². The first-order valence-electron chi connectivity index (χ1n) is 9.72. The Hall–Kier alpha value is -3.15. The number of hydrogen-bond acceptors (Lipinski definition) is 7. The summed E-state index contributed by atoms with van der Waals surface area (Å²) in [6.07, 6.45) is 6.60. The van der Waals surface area contributed by atoms with E-state index in [-0.39, 0.29) is 6.61 Å². The number of nitrogens with two attached hydrogens (primary N) is 1. The molecular weight excluding hydrogens is 368 g/mol. The van der Waals surface area contributed by atoms with Gasteiger partial charge in [-0.3, -0.25) is 0 Å². The highest BCUT2D eigenvalue weighted by atomic mass is 16.5. The summed E-state index contributed by atoms with van der Waals surface area (Å²) in [5.41, 5.74) is 8.65. The SMILES string of the molecule is CCOc1cc(-c2ccc(N3CCC(N)(CO)CC3)nc2)c2c(C#N)cnn2c1. The van der Waals surface area contributed by atoms with Crippen LogP contribution in [0.3, 0.4) is 0 Å². The molecule has 3 aromatic rings. The summed E-state index contributed by atoms with van der Waals surface area (Å²) < 4.78 is 7.34. The van der Waals surface area contributed by atoms with Gasteiger partial charge in [0.15, 0.2) is 0 Å². The lowest BCUT2D eigenvalue weighted by atomic mass is 9.89. The molecule has 1 saturated heterocycles. The minimum atomic E-state index is -0.489. The molecule has 0 amide bonds. The molecule has 3 aromatic heterocycles. The minimum Gasteiger partial charge on any atom is -0.492 e. The molecule has 0 atom stereocenters. The lowest BCUT2D eigenvalue weighted by Gasteiger charge is -2.38. The zero-order chi connectivity index (χ0) is 20.4. The normalized spacial score (nSPS) is 16.0. The van der Waals surface area contributed by atoms with Gasteiger partial charge in [0.2, 0.25) is 0 Å². The van der Waals surface area contributed by atoms with Gasteiger partial charge in [-0.2, -0.15) is 10.4 Å². The molecular formula is C21H24N6O2. The van der Waals surface area contributed by atoms with Crippen molar-refractivity contribution in [2.24, 2.45) is 5.73 Å². The van der Waals surface area contributed by atoms with Gasteiger partial charge in [0, 0.05) is 36.0 Å². The van der Waals surface area contributed by atoms with Crippen LogP contribution in [0, 0.1) is 11.3 Å². The molecule has 8 heteroatoms. The third-order valence-electron chi connectivity index (χ3n) is 5.48. The Morgan fingerprint density at radius 2 is 2.10 bits per heavy atom. The summed E-state index contributed by atoms with van der Waals surface area (Å²) >= 11 is 0. The van der Waals surface area contributed by atoms with E-state index in [0.29, 0.717) is 17.9 Å². The lowest BCUT2D eigenvalue weighted by molar-refractivity contribution is 0.170. The van der Waals surface area contributed by atoms with Crippen LogP contribution in [-0.4, -0.2) is 51.5 Å². The molecule has 3 N–H and O–H groups in total. The zero-order valence-corrected chi connectivity index (χ0v) is 16.4. The van der Waals surface area contributed by atoms with Crippen LogP contribution in [0.1, 0.15) is 25.3 Å². The van der Waals surface area contributed by atoms with Gasteiger partial charge in [-0.1, -0.05) is 0 Å². The molecule has 1 fully saturated rings. The molecule has 4 rings (SSSR count). The van der Waals surface area contributed by atoms with Crippen molar-refractivity contribution in [3.63, 3.8) is 0 Å². The molecule has 0 aliphatic carbocycles. The second-order valence-corrected chi connectivity index (χ2v) is 7.40. The van der Waals surface area contributed by atoms with E-state index in [2.05, 4.69) is 21.1 Å². The van der Waals surface area contributed by atoms with Crippen LogP contribution in [-0.2, 0) is 0 Å². The van der Waals surface area contributed by atoms with E-state index in [1.54, 1.807) is 16.9 Å². The average Bonchev–Trinajstić information content (AvgIpc) is 3.17. The maximum atomic E-state index is 9.46. The van der Waals surface area contributed by atoms with Crippen molar-refractivity contribution in [3.05, 3.63) is 42.4 Å². The van der Waals surface area contributed by atoms with Gasteiger partial charge in [-0.25, -0.2) is 9.50 Å². The lowest BCUT2D eigenvalue weighted by Crippen LogP contribution is -2.53. The summed E-state index contributed by atoms with van der Waals surface area (Å²) in [6, 6.07) is 8.10. The van der Waals surface area contributed by atoms with Gasteiger partial charge >= 0.3 is 0 Å². The van der Waals surface area contributed by atoms with Crippen LogP contribution < -0.4 is 15.4 Å². The van der Waals surface area contributed by atoms with Crippen molar-refractivity contribution in [3.8, 4) is 22.9 Å². The molecule has 0 unspecified atom stereocenters. The number of rotatable bonds is 5. The van der Waals surface area contributed by atoms with Gasteiger partial charge in [0.1, 0.15) is 17.6 Å². The van der Waals surface area contributed by atoms with Crippen molar-refractivity contribution in [1.82, 2.24) is 14.6 Å². The monoisotopic (exact) mass is 392 g/mol. The summed E-state index contributed by atoms with van der Waals surface area (Å²) in [7, 11) is 0. The smallest absolute Gasteiger partial charge is 0.138 e. The summed E-state index contributed by atoms with van der Waals surface area (Å²) in [5.74, 6) is 1.56. The number of aliphatic hydroxyl groups is 1. The van der Waals surface area contributed by atoms with Crippen molar-refractivity contribution < 1.29 is 9.84 Å². The van der Waals surface area contributed by atoms with E-state index in [1.807, 2.05) is 31.3 Å². The highest BCUT2D eigenvalue weighted by Crippen LogP contribution is 2.32. The Morgan fingerprint density at radius 1 is 1.31 bits per heavy atom. The predicted molar refractivity (Wildman–Crippen MR) is 110 cm³/mol. The van der Waals surface area contributed by atoms with E-state index >= 15 is 0 Å². The maximum absolute atomic E-state index is 9.46. The predicted octanol–water partition coefficient (Wildman–Crippen LogP) is 1.96. The van der Waals surface area contributed by atoms with Crippen LogP contribution in [0.2, 0.25) is 0 Å². The topological polar surface area (TPSA) is 113 Å². The second-order valence-electron chi connectivity index (χ2n) is 7.40. The molecule has 4 heterocycles. The van der Waals surface area contributed by atoms with Crippen molar-refractivity contribution in [1.29, 1.82) is 5.26 Å². The number of pyridine rings is 2. The number of aliphatic hydroxyl groups excluding tert-OH is 1. The molecule has 0 saturated carbocycles. The molecule has 1 aliphatic heterocycles. The fourth-order valence-electron chi connectivity index (χ4n) is 3.72. The summed E-state index contributed by atoms with van der Waals surface area (Å²) in [5, 5.41) is 23.2. The molecule has 0 bridgehead atoms. The van der Waals surface area contributed by atoms with Crippen molar-refractivity contribution in [2.45, 2.75) is 25.3 Å². The van der Waals surface area contributed by atoms with Crippen LogP contribution >= 0.6 is 0 Å². The Kier molecular flexibility index (Phi) is 5.09. The number of hydrogen-bond donors (Lipinski definition) is 2. The number of aromatic nitrogens is 3. The number of anilines is 1. The number of nitrogens with zero attached hydrogens (tertiary/aromatic N) is 5. The number of nitriles is 1. The first-order valence-corrected chi connectivity index (χ1v) is 9.72.